The summed E-state index contributed by atoms with van der Waals surface area (Å²) in [6, 6.07) is 9.02. The molecule has 1 N–H and O–H groups in total. The van der Waals surface area contributed by atoms with Gasteiger partial charge >= 0.3 is 12.2 Å². The molecule has 0 spiro atoms. The normalized spacial score (nSPS) is 18.0. The fourth-order valence-corrected chi connectivity index (χ4v) is 4.87. The molecule has 2 atom stereocenters. The van der Waals surface area contributed by atoms with Gasteiger partial charge in [0.25, 0.3) is 0 Å². The Morgan fingerprint density at radius 1 is 0.923 bits per heavy atom. The van der Waals surface area contributed by atoms with Crippen LogP contribution in [0.1, 0.15) is 58.8 Å². The second kappa shape index (κ2) is 12.2. The maximum absolute atomic E-state index is 13.4. The van der Waals surface area contributed by atoms with Crippen LogP contribution in [-0.2, 0) is 14.3 Å². The summed E-state index contributed by atoms with van der Waals surface area (Å²) in [6.45, 7) is 10.1. The third-order valence-corrected chi connectivity index (χ3v) is 6.51. The molecule has 8 nitrogen and oxygen atoms in total. The first-order chi connectivity index (χ1) is 18.1. The molecular formula is C28H34F2N2O6S. The van der Waals surface area contributed by atoms with Crippen molar-refractivity contribution in [3.8, 4) is 11.5 Å². The van der Waals surface area contributed by atoms with Crippen LogP contribution < -0.4 is 10.1 Å². The minimum atomic E-state index is -0.854. The van der Waals surface area contributed by atoms with Gasteiger partial charge < -0.3 is 19.5 Å². The predicted octanol–water partition coefficient (Wildman–Crippen LogP) is 6.59. The molecule has 1 heterocycles. The number of carbonyl (C=O) groups is 3. The van der Waals surface area contributed by atoms with Crippen LogP contribution in [0.2, 0.25) is 0 Å². The number of ether oxygens (including phenoxy) is 3. The Labute approximate surface area is 231 Å². The van der Waals surface area contributed by atoms with Gasteiger partial charge in [0.15, 0.2) is 0 Å². The number of halogens is 2. The SMILES string of the molecule is CC(C)(C)OC(=O)N(C[C@@H]1CCS[C@H](c2ccc(Oc3cc(F)cc(F)c3)cc2)C(=O)N1)C(=O)OC(C)(C)C. The molecule has 0 aliphatic carbocycles. The predicted molar refractivity (Wildman–Crippen MR) is 144 cm³/mol. The second-order valence-electron chi connectivity index (χ2n) is 11.1. The lowest BCUT2D eigenvalue weighted by Crippen LogP contribution is -2.50. The standard InChI is InChI=1S/C28H34F2N2O6S/c1-27(2,3)37-25(34)32(26(35)38-28(4,5)6)16-20-11-12-39-23(24(33)31-20)17-7-9-21(10-8-17)36-22-14-18(29)13-19(30)15-22/h7-10,13-15,20,23H,11-12,16H2,1-6H3,(H,31,33)/t20-,23+/m0/s1. The number of imide groups is 1. The highest BCUT2D eigenvalue weighted by molar-refractivity contribution is 8.00. The minimum absolute atomic E-state index is 0.0178. The number of benzene rings is 2. The fraction of sp³-hybridized carbons (Fsp3) is 0.464. The van der Waals surface area contributed by atoms with Crippen molar-refractivity contribution in [1.82, 2.24) is 10.2 Å². The summed E-state index contributed by atoms with van der Waals surface area (Å²) in [7, 11) is 0. The van der Waals surface area contributed by atoms with E-state index in [9.17, 15) is 23.2 Å². The maximum atomic E-state index is 13.4. The van der Waals surface area contributed by atoms with Crippen LogP contribution in [0.25, 0.3) is 0 Å². The van der Waals surface area contributed by atoms with Crippen molar-refractivity contribution in [1.29, 1.82) is 0 Å². The third-order valence-electron chi connectivity index (χ3n) is 5.22. The van der Waals surface area contributed by atoms with Gasteiger partial charge in [0.05, 0.1) is 6.54 Å². The van der Waals surface area contributed by atoms with Crippen LogP contribution in [0.3, 0.4) is 0 Å². The summed E-state index contributed by atoms with van der Waals surface area (Å²) in [5, 5.41) is 2.38. The summed E-state index contributed by atoms with van der Waals surface area (Å²) < 4.78 is 43.2. The highest BCUT2D eigenvalue weighted by Crippen LogP contribution is 2.34. The molecule has 0 aromatic heterocycles. The van der Waals surface area contributed by atoms with Gasteiger partial charge in [-0.15, -0.1) is 11.8 Å². The lowest BCUT2D eigenvalue weighted by atomic mass is 10.1. The van der Waals surface area contributed by atoms with Crippen molar-refractivity contribution < 1.29 is 37.4 Å². The number of nitrogens with zero attached hydrogens (tertiary/aromatic N) is 1. The largest absolute Gasteiger partial charge is 0.457 e. The Morgan fingerprint density at radius 2 is 1.46 bits per heavy atom. The summed E-state index contributed by atoms with van der Waals surface area (Å²) >= 11 is 1.42. The van der Waals surface area contributed by atoms with Crippen molar-refractivity contribution >= 4 is 29.9 Å². The van der Waals surface area contributed by atoms with E-state index in [0.29, 0.717) is 23.5 Å². The molecule has 2 aromatic rings. The molecular weight excluding hydrogens is 530 g/mol. The van der Waals surface area contributed by atoms with Gasteiger partial charge in [-0.25, -0.2) is 23.3 Å². The Morgan fingerprint density at radius 3 is 1.97 bits per heavy atom. The average molecular weight is 565 g/mol. The zero-order chi connectivity index (χ0) is 29.0. The van der Waals surface area contributed by atoms with Crippen LogP contribution in [-0.4, -0.2) is 52.5 Å². The zero-order valence-electron chi connectivity index (χ0n) is 22.9. The van der Waals surface area contributed by atoms with Crippen LogP contribution in [0.4, 0.5) is 18.4 Å². The molecule has 212 valence electrons. The molecule has 0 saturated carbocycles. The van der Waals surface area contributed by atoms with Crippen LogP contribution in [0.15, 0.2) is 42.5 Å². The first kappa shape index (κ1) is 30.2. The fourth-order valence-electron chi connectivity index (χ4n) is 3.65. The molecule has 0 radical (unpaired) electrons. The van der Waals surface area contributed by atoms with Crippen molar-refractivity contribution in [2.45, 2.75) is 70.5 Å². The van der Waals surface area contributed by atoms with E-state index in [1.54, 1.807) is 65.8 Å². The van der Waals surface area contributed by atoms with Crippen LogP contribution in [0, 0.1) is 11.6 Å². The van der Waals surface area contributed by atoms with Crippen molar-refractivity contribution in [3.05, 3.63) is 59.7 Å². The number of rotatable bonds is 5. The topological polar surface area (TPSA) is 94.2 Å². The zero-order valence-corrected chi connectivity index (χ0v) is 23.7. The van der Waals surface area contributed by atoms with E-state index in [2.05, 4.69) is 5.32 Å². The van der Waals surface area contributed by atoms with Crippen molar-refractivity contribution in [2.24, 2.45) is 0 Å². The molecule has 11 heteroatoms. The highest BCUT2D eigenvalue weighted by Gasteiger charge is 2.35. The van der Waals surface area contributed by atoms with Crippen molar-refractivity contribution in [3.63, 3.8) is 0 Å². The molecule has 3 rings (SSSR count). The van der Waals surface area contributed by atoms with E-state index < -0.39 is 46.3 Å². The van der Waals surface area contributed by atoms with E-state index in [4.69, 9.17) is 14.2 Å². The van der Waals surface area contributed by atoms with E-state index in [-0.39, 0.29) is 18.2 Å². The molecule has 3 amide bonds. The Balaban J connectivity index is 1.69. The molecule has 1 aliphatic heterocycles. The van der Waals surface area contributed by atoms with Gasteiger partial charge in [-0.05, 0) is 71.4 Å². The lowest BCUT2D eigenvalue weighted by Gasteiger charge is -2.30. The molecule has 0 bridgehead atoms. The van der Waals surface area contributed by atoms with Crippen LogP contribution in [0.5, 0.6) is 11.5 Å². The van der Waals surface area contributed by atoms with Gasteiger partial charge in [-0.1, -0.05) is 12.1 Å². The lowest BCUT2D eigenvalue weighted by molar-refractivity contribution is -0.121. The molecule has 1 fully saturated rings. The van der Waals surface area contributed by atoms with Crippen LogP contribution >= 0.6 is 11.8 Å². The summed E-state index contributed by atoms with van der Waals surface area (Å²) in [6.07, 6.45) is -1.21. The van der Waals surface area contributed by atoms with Gasteiger partial charge in [-0.2, -0.15) is 0 Å². The summed E-state index contributed by atoms with van der Waals surface area (Å²) in [5.41, 5.74) is -0.958. The Hall–Kier alpha value is -3.34. The van der Waals surface area contributed by atoms with Gasteiger partial charge in [0.2, 0.25) is 5.91 Å². The van der Waals surface area contributed by atoms with E-state index >= 15 is 0 Å². The first-order valence-electron chi connectivity index (χ1n) is 12.5. The Kier molecular flexibility index (Phi) is 9.47. The van der Waals surface area contributed by atoms with Crippen molar-refractivity contribution in [2.75, 3.05) is 12.3 Å². The first-order valence-corrected chi connectivity index (χ1v) is 13.5. The van der Waals surface area contributed by atoms with Gasteiger partial charge in [0.1, 0.15) is 39.6 Å². The number of amides is 3. The second-order valence-corrected chi connectivity index (χ2v) is 12.3. The average Bonchev–Trinajstić information content (AvgIpc) is 2.95. The number of thioether (sulfide) groups is 1. The molecule has 0 unspecified atom stereocenters. The summed E-state index contributed by atoms with van der Waals surface area (Å²) in [5.74, 6) is -0.836. The number of hydrogen-bond acceptors (Lipinski definition) is 7. The monoisotopic (exact) mass is 564 g/mol. The van der Waals surface area contributed by atoms with E-state index in [1.807, 2.05) is 0 Å². The van der Waals surface area contributed by atoms with E-state index in [0.717, 1.165) is 23.1 Å². The quantitative estimate of drug-likeness (QED) is 0.438. The molecule has 1 aliphatic rings. The van der Waals surface area contributed by atoms with Gasteiger partial charge in [0, 0.05) is 24.2 Å². The maximum Gasteiger partial charge on any atom is 0.419 e. The smallest absolute Gasteiger partial charge is 0.419 e. The van der Waals surface area contributed by atoms with Gasteiger partial charge in [-0.3, -0.25) is 4.79 Å². The third kappa shape index (κ3) is 9.42. The molecule has 2 aromatic carbocycles. The number of carbonyl (C=O) groups excluding carboxylic acids is 3. The number of hydrogen-bond donors (Lipinski definition) is 1. The Bertz CT molecular complexity index is 1150. The summed E-state index contributed by atoms with van der Waals surface area (Å²) in [4.78, 5) is 39.7. The molecule has 39 heavy (non-hydrogen) atoms. The minimum Gasteiger partial charge on any atom is -0.457 e. The van der Waals surface area contributed by atoms with E-state index in [1.165, 1.54) is 11.8 Å². The number of nitrogens with one attached hydrogen (secondary N) is 1. The highest BCUT2D eigenvalue weighted by atomic mass is 32.2. The molecule has 1 saturated heterocycles.